The average molecular weight is 395 g/mol. The molecule has 0 radical (unpaired) electrons. The molecule has 1 aromatic heterocycles. The van der Waals surface area contributed by atoms with Crippen LogP contribution in [0, 0.1) is 11.6 Å². The van der Waals surface area contributed by atoms with Gasteiger partial charge in [0.15, 0.2) is 6.61 Å². The van der Waals surface area contributed by atoms with Gasteiger partial charge in [-0.15, -0.1) is 0 Å². The Hall–Kier alpha value is -3.74. The van der Waals surface area contributed by atoms with E-state index in [0.29, 0.717) is 11.1 Å². The van der Waals surface area contributed by atoms with E-state index in [4.69, 9.17) is 9.15 Å². The third kappa shape index (κ3) is 3.80. The van der Waals surface area contributed by atoms with Crippen LogP contribution in [-0.2, 0) is 20.7 Å². The van der Waals surface area contributed by atoms with Crippen LogP contribution in [0.2, 0.25) is 0 Å². The van der Waals surface area contributed by atoms with Gasteiger partial charge >= 0.3 is 5.97 Å². The van der Waals surface area contributed by atoms with E-state index >= 15 is 0 Å². The van der Waals surface area contributed by atoms with E-state index < -0.39 is 35.8 Å². The summed E-state index contributed by atoms with van der Waals surface area (Å²) < 4.78 is 37.6. The molecule has 7 heteroatoms. The highest BCUT2D eigenvalue weighted by Gasteiger charge is 2.16. The number of ether oxygens (including phenoxy) is 1. The van der Waals surface area contributed by atoms with Crippen molar-refractivity contribution < 1.29 is 27.5 Å². The molecule has 3 aromatic carbocycles. The van der Waals surface area contributed by atoms with Gasteiger partial charge in [0, 0.05) is 10.9 Å². The summed E-state index contributed by atoms with van der Waals surface area (Å²) in [5.41, 5.74) is 0.683. The van der Waals surface area contributed by atoms with Crippen LogP contribution in [0.15, 0.2) is 65.3 Å². The number of carbonyl (C=O) groups excluding carboxylic acids is 2. The van der Waals surface area contributed by atoms with Crippen LogP contribution in [0.4, 0.5) is 14.5 Å². The number of hydrogen-bond donors (Lipinski definition) is 1. The number of para-hydroxylation sites is 1. The molecule has 29 heavy (non-hydrogen) atoms. The standard InChI is InChI=1S/C22H15F2NO4/c23-16-6-3-7-17(24)22(16)25-19(26)12-29-20(27)10-14-11-28-18-9-8-13-4-1-2-5-15(13)21(14)18/h1-9,11H,10,12H2,(H,25,26). The first-order chi connectivity index (χ1) is 14.0. The van der Waals surface area contributed by atoms with Gasteiger partial charge in [-0.05, 0) is 29.0 Å². The van der Waals surface area contributed by atoms with Gasteiger partial charge in [0.1, 0.15) is 22.9 Å². The normalized spacial score (nSPS) is 11.0. The summed E-state index contributed by atoms with van der Waals surface area (Å²) in [4.78, 5) is 24.1. The number of hydrogen-bond acceptors (Lipinski definition) is 4. The van der Waals surface area contributed by atoms with Gasteiger partial charge in [-0.3, -0.25) is 9.59 Å². The Bertz CT molecular complexity index is 1210. The lowest BCUT2D eigenvalue weighted by Gasteiger charge is -2.08. The van der Waals surface area contributed by atoms with Gasteiger partial charge in [-0.25, -0.2) is 8.78 Å². The molecule has 1 amide bonds. The van der Waals surface area contributed by atoms with Crippen molar-refractivity contribution in [3.8, 4) is 0 Å². The molecule has 5 nitrogen and oxygen atoms in total. The molecular formula is C22H15F2NO4. The van der Waals surface area contributed by atoms with E-state index in [2.05, 4.69) is 5.32 Å². The quantitative estimate of drug-likeness (QED) is 0.502. The molecule has 0 fully saturated rings. The number of nitrogens with one attached hydrogen (secondary N) is 1. The summed E-state index contributed by atoms with van der Waals surface area (Å²) in [6.07, 6.45) is 1.37. The van der Waals surface area contributed by atoms with Crippen LogP contribution >= 0.6 is 0 Å². The Balaban J connectivity index is 1.44. The molecule has 0 aliphatic rings. The third-order valence-corrected chi connectivity index (χ3v) is 4.47. The number of halogens is 2. The van der Waals surface area contributed by atoms with E-state index in [1.807, 2.05) is 36.4 Å². The molecule has 0 unspecified atom stereocenters. The molecule has 0 aliphatic carbocycles. The lowest BCUT2D eigenvalue weighted by molar-refractivity contribution is -0.146. The lowest BCUT2D eigenvalue weighted by atomic mass is 10.0. The van der Waals surface area contributed by atoms with E-state index in [-0.39, 0.29) is 6.42 Å². The number of furan rings is 1. The molecule has 0 aliphatic heterocycles. The van der Waals surface area contributed by atoms with Gasteiger partial charge in [-0.2, -0.15) is 0 Å². The summed E-state index contributed by atoms with van der Waals surface area (Å²) in [6.45, 7) is -0.664. The summed E-state index contributed by atoms with van der Waals surface area (Å²) in [6, 6.07) is 14.6. The van der Waals surface area contributed by atoms with Crippen molar-refractivity contribution in [3.05, 3.63) is 78.1 Å². The van der Waals surface area contributed by atoms with Gasteiger partial charge in [0.2, 0.25) is 0 Å². The molecule has 4 rings (SSSR count). The number of fused-ring (bicyclic) bond motifs is 3. The molecule has 1 N–H and O–H groups in total. The first-order valence-electron chi connectivity index (χ1n) is 8.80. The monoisotopic (exact) mass is 395 g/mol. The first kappa shape index (κ1) is 18.6. The molecular weight excluding hydrogens is 380 g/mol. The van der Waals surface area contributed by atoms with Crippen molar-refractivity contribution in [1.29, 1.82) is 0 Å². The van der Waals surface area contributed by atoms with Crippen molar-refractivity contribution in [1.82, 2.24) is 0 Å². The average Bonchev–Trinajstić information content (AvgIpc) is 3.12. The maximum absolute atomic E-state index is 13.6. The van der Waals surface area contributed by atoms with Gasteiger partial charge in [0.25, 0.3) is 5.91 Å². The summed E-state index contributed by atoms with van der Waals surface area (Å²) in [5.74, 6) is -3.34. The molecule has 0 spiro atoms. The maximum atomic E-state index is 13.6. The van der Waals surface area contributed by atoms with Crippen molar-refractivity contribution in [3.63, 3.8) is 0 Å². The Morgan fingerprint density at radius 2 is 1.72 bits per heavy atom. The molecule has 1 heterocycles. The number of anilines is 1. The van der Waals surface area contributed by atoms with Crippen molar-refractivity contribution >= 4 is 39.3 Å². The minimum Gasteiger partial charge on any atom is -0.464 e. The number of benzene rings is 3. The topological polar surface area (TPSA) is 68.5 Å². The van der Waals surface area contributed by atoms with Crippen LogP contribution in [-0.4, -0.2) is 18.5 Å². The van der Waals surface area contributed by atoms with Crippen molar-refractivity contribution in [2.24, 2.45) is 0 Å². The number of esters is 1. The Labute approximate surface area is 163 Å². The van der Waals surface area contributed by atoms with E-state index in [0.717, 1.165) is 28.3 Å². The number of carbonyl (C=O) groups is 2. The second-order valence-electron chi connectivity index (χ2n) is 6.40. The van der Waals surface area contributed by atoms with E-state index in [1.54, 1.807) is 0 Å². The predicted molar refractivity (Wildman–Crippen MR) is 103 cm³/mol. The molecule has 4 aromatic rings. The highest BCUT2D eigenvalue weighted by Crippen LogP contribution is 2.30. The van der Waals surface area contributed by atoms with Crippen LogP contribution < -0.4 is 5.32 Å². The smallest absolute Gasteiger partial charge is 0.310 e. The zero-order chi connectivity index (χ0) is 20.4. The summed E-state index contributed by atoms with van der Waals surface area (Å²) >= 11 is 0. The van der Waals surface area contributed by atoms with Crippen LogP contribution in [0.5, 0.6) is 0 Å². The molecule has 0 atom stereocenters. The van der Waals surface area contributed by atoms with Crippen molar-refractivity contribution in [2.75, 3.05) is 11.9 Å². The van der Waals surface area contributed by atoms with Gasteiger partial charge in [0.05, 0.1) is 12.7 Å². The Kier molecular flexibility index (Phi) is 4.95. The fourth-order valence-electron chi connectivity index (χ4n) is 3.15. The summed E-state index contributed by atoms with van der Waals surface area (Å²) in [7, 11) is 0. The largest absolute Gasteiger partial charge is 0.464 e. The first-order valence-corrected chi connectivity index (χ1v) is 8.80. The highest BCUT2D eigenvalue weighted by molar-refractivity contribution is 6.08. The molecule has 0 bridgehead atoms. The minimum absolute atomic E-state index is 0.109. The Morgan fingerprint density at radius 3 is 2.52 bits per heavy atom. The minimum atomic E-state index is -0.915. The van der Waals surface area contributed by atoms with Gasteiger partial charge in [-0.1, -0.05) is 36.4 Å². The highest BCUT2D eigenvalue weighted by atomic mass is 19.1. The predicted octanol–water partition coefficient (Wildman–Crippen LogP) is 4.59. The van der Waals surface area contributed by atoms with Crippen molar-refractivity contribution in [2.45, 2.75) is 6.42 Å². The van der Waals surface area contributed by atoms with Gasteiger partial charge < -0.3 is 14.5 Å². The summed E-state index contributed by atoms with van der Waals surface area (Å²) in [5, 5.41) is 4.81. The van der Waals surface area contributed by atoms with Crippen LogP contribution in [0.3, 0.4) is 0 Å². The van der Waals surface area contributed by atoms with Crippen LogP contribution in [0.25, 0.3) is 21.7 Å². The Morgan fingerprint density at radius 1 is 0.966 bits per heavy atom. The lowest BCUT2D eigenvalue weighted by Crippen LogP contribution is -2.22. The van der Waals surface area contributed by atoms with Crippen LogP contribution in [0.1, 0.15) is 5.56 Å². The number of rotatable bonds is 5. The molecule has 0 saturated heterocycles. The number of amides is 1. The fourth-order valence-corrected chi connectivity index (χ4v) is 3.15. The SMILES string of the molecule is O=C(COC(=O)Cc1coc2ccc3ccccc3c12)Nc1c(F)cccc1F. The third-order valence-electron chi connectivity index (χ3n) is 4.47. The zero-order valence-electron chi connectivity index (χ0n) is 15.1. The zero-order valence-corrected chi connectivity index (χ0v) is 15.1. The molecule has 146 valence electrons. The van der Waals surface area contributed by atoms with E-state index in [1.165, 1.54) is 12.3 Å². The second kappa shape index (κ2) is 7.71. The second-order valence-corrected chi connectivity index (χ2v) is 6.40. The molecule has 0 saturated carbocycles. The fraction of sp³-hybridized carbons (Fsp3) is 0.0909. The van der Waals surface area contributed by atoms with E-state index in [9.17, 15) is 18.4 Å². The maximum Gasteiger partial charge on any atom is 0.310 e.